The van der Waals surface area contributed by atoms with Crippen molar-refractivity contribution in [3.05, 3.63) is 102 Å². The molecule has 4 rings (SSSR count). The largest absolute Gasteiger partial charge is 0.321 e. The van der Waals surface area contributed by atoms with Crippen molar-refractivity contribution >= 4 is 11.6 Å². The van der Waals surface area contributed by atoms with Crippen LogP contribution in [0.1, 0.15) is 22.7 Å². The Morgan fingerprint density at radius 3 is 1.87 bits per heavy atom. The second-order valence-corrected chi connectivity index (χ2v) is 8.25. The van der Waals surface area contributed by atoms with Gasteiger partial charge in [-0.05, 0) is 19.1 Å². The summed E-state index contributed by atoms with van der Waals surface area (Å²) in [4.78, 5) is 15.4. The number of carbonyl (C=O) groups excluding carboxylic acids is 1. The maximum absolute atomic E-state index is 12.5. The van der Waals surface area contributed by atoms with Crippen molar-refractivity contribution < 1.29 is 14.6 Å². The molecule has 4 heteroatoms. The molecular formula is C26H31N3O+2. The topological polar surface area (TPSA) is 38.0 Å². The van der Waals surface area contributed by atoms with Crippen molar-refractivity contribution in [2.45, 2.75) is 13.0 Å². The van der Waals surface area contributed by atoms with Crippen LogP contribution < -0.4 is 15.1 Å². The second kappa shape index (κ2) is 9.70. The van der Waals surface area contributed by atoms with E-state index in [2.05, 4.69) is 72.9 Å². The van der Waals surface area contributed by atoms with Gasteiger partial charge >= 0.3 is 0 Å². The van der Waals surface area contributed by atoms with Gasteiger partial charge in [0.15, 0.2) is 6.54 Å². The van der Waals surface area contributed by atoms with Gasteiger partial charge in [0.25, 0.3) is 5.91 Å². The molecule has 1 aliphatic heterocycles. The lowest BCUT2D eigenvalue weighted by molar-refractivity contribution is -1.02. The third kappa shape index (κ3) is 5.15. The van der Waals surface area contributed by atoms with Crippen LogP contribution in [0.5, 0.6) is 0 Å². The third-order valence-electron chi connectivity index (χ3n) is 6.02. The number of carbonyl (C=O) groups is 1. The Bertz CT molecular complexity index is 894. The van der Waals surface area contributed by atoms with E-state index in [-0.39, 0.29) is 5.91 Å². The van der Waals surface area contributed by atoms with Gasteiger partial charge in [0.1, 0.15) is 32.2 Å². The number of hydrogen-bond acceptors (Lipinski definition) is 1. The molecule has 1 fully saturated rings. The van der Waals surface area contributed by atoms with E-state index >= 15 is 0 Å². The van der Waals surface area contributed by atoms with Crippen LogP contribution >= 0.6 is 0 Å². The summed E-state index contributed by atoms with van der Waals surface area (Å²) in [6.45, 7) is 6.71. The number of nitrogens with one attached hydrogen (secondary N) is 3. The van der Waals surface area contributed by atoms with E-state index in [0.29, 0.717) is 12.6 Å². The van der Waals surface area contributed by atoms with Crippen LogP contribution in [-0.4, -0.2) is 38.6 Å². The van der Waals surface area contributed by atoms with Crippen molar-refractivity contribution in [3.8, 4) is 0 Å². The first-order valence-electron chi connectivity index (χ1n) is 10.8. The van der Waals surface area contributed by atoms with Crippen molar-refractivity contribution in [3.63, 3.8) is 0 Å². The molecule has 0 radical (unpaired) electrons. The molecule has 4 nitrogen and oxygen atoms in total. The first-order valence-corrected chi connectivity index (χ1v) is 10.8. The van der Waals surface area contributed by atoms with E-state index in [1.165, 1.54) is 21.6 Å². The van der Waals surface area contributed by atoms with Gasteiger partial charge in [0.2, 0.25) is 0 Å². The Labute approximate surface area is 179 Å². The van der Waals surface area contributed by atoms with Gasteiger partial charge in [-0.25, -0.2) is 0 Å². The fourth-order valence-electron chi connectivity index (χ4n) is 4.41. The smallest absolute Gasteiger partial charge is 0.279 e. The molecule has 1 heterocycles. The second-order valence-electron chi connectivity index (χ2n) is 8.25. The molecule has 0 saturated carbocycles. The molecule has 1 saturated heterocycles. The molecule has 0 aliphatic carbocycles. The molecule has 3 N–H and O–H groups in total. The summed E-state index contributed by atoms with van der Waals surface area (Å²) in [5.74, 6) is 0.0972. The highest BCUT2D eigenvalue weighted by atomic mass is 16.2. The van der Waals surface area contributed by atoms with Crippen molar-refractivity contribution in [1.82, 2.24) is 0 Å². The average molecular weight is 402 g/mol. The van der Waals surface area contributed by atoms with Gasteiger partial charge in [0, 0.05) is 16.8 Å². The number of anilines is 1. The fourth-order valence-corrected chi connectivity index (χ4v) is 4.41. The summed E-state index contributed by atoms with van der Waals surface area (Å²) < 4.78 is 0. The van der Waals surface area contributed by atoms with E-state index < -0.39 is 0 Å². The molecule has 3 aromatic carbocycles. The zero-order valence-corrected chi connectivity index (χ0v) is 17.6. The molecule has 0 aromatic heterocycles. The van der Waals surface area contributed by atoms with Crippen LogP contribution in [0.15, 0.2) is 84.9 Å². The maximum atomic E-state index is 12.5. The summed E-state index contributed by atoms with van der Waals surface area (Å²) >= 11 is 0. The van der Waals surface area contributed by atoms with E-state index in [1.54, 1.807) is 4.90 Å². The first kappa shape index (κ1) is 20.3. The van der Waals surface area contributed by atoms with E-state index in [9.17, 15) is 4.79 Å². The molecule has 0 bridgehead atoms. The monoisotopic (exact) mass is 401 g/mol. The lowest BCUT2D eigenvalue weighted by atomic mass is 9.96. The zero-order chi connectivity index (χ0) is 20.8. The van der Waals surface area contributed by atoms with Crippen LogP contribution in [0.4, 0.5) is 5.69 Å². The average Bonchev–Trinajstić information content (AvgIpc) is 2.78. The quantitative estimate of drug-likeness (QED) is 0.576. The Kier molecular flexibility index (Phi) is 6.57. The Morgan fingerprint density at radius 1 is 0.800 bits per heavy atom. The summed E-state index contributed by atoms with van der Waals surface area (Å²) in [6.07, 6.45) is 0. The Morgan fingerprint density at radius 2 is 1.33 bits per heavy atom. The lowest BCUT2D eigenvalue weighted by Gasteiger charge is -2.34. The van der Waals surface area contributed by atoms with Gasteiger partial charge in [-0.2, -0.15) is 0 Å². The normalized spacial score (nSPS) is 18.9. The minimum atomic E-state index is 0.0972. The standard InChI is InChI=1S/C26H29N3O/c1-21-12-14-24(15-13-21)27-25(30)20-28-16-18-29(19-17-28)26(22-8-4-2-5-9-22)23-10-6-3-7-11-23/h2-15,26H,16-20H2,1H3,(H,27,30)/p+2. The maximum Gasteiger partial charge on any atom is 0.279 e. The van der Waals surface area contributed by atoms with Crippen LogP contribution in [0, 0.1) is 6.92 Å². The highest BCUT2D eigenvalue weighted by Crippen LogP contribution is 2.18. The van der Waals surface area contributed by atoms with E-state index in [4.69, 9.17) is 0 Å². The summed E-state index contributed by atoms with van der Waals surface area (Å²) in [6, 6.07) is 29.9. The predicted molar refractivity (Wildman–Crippen MR) is 121 cm³/mol. The highest BCUT2D eigenvalue weighted by molar-refractivity contribution is 5.91. The minimum absolute atomic E-state index is 0.0972. The first-order chi connectivity index (χ1) is 14.7. The molecule has 1 amide bonds. The van der Waals surface area contributed by atoms with Crippen LogP contribution in [0.2, 0.25) is 0 Å². The third-order valence-corrected chi connectivity index (χ3v) is 6.02. The summed E-state index contributed by atoms with van der Waals surface area (Å²) in [5, 5.41) is 3.04. The van der Waals surface area contributed by atoms with Crippen LogP contribution in [0.3, 0.4) is 0 Å². The Hall–Kier alpha value is -2.95. The number of benzene rings is 3. The summed E-state index contributed by atoms with van der Waals surface area (Å²) in [7, 11) is 0. The number of rotatable bonds is 6. The number of hydrogen-bond donors (Lipinski definition) is 3. The highest BCUT2D eigenvalue weighted by Gasteiger charge is 2.32. The van der Waals surface area contributed by atoms with Gasteiger partial charge in [0.05, 0.1) is 0 Å². The molecule has 0 unspecified atom stereocenters. The van der Waals surface area contributed by atoms with Gasteiger partial charge < -0.3 is 15.1 Å². The molecule has 30 heavy (non-hydrogen) atoms. The zero-order valence-electron chi connectivity index (χ0n) is 17.6. The predicted octanol–water partition coefficient (Wildman–Crippen LogP) is 1.51. The van der Waals surface area contributed by atoms with Crippen molar-refractivity contribution in [2.24, 2.45) is 0 Å². The van der Waals surface area contributed by atoms with Crippen LogP contribution in [0.25, 0.3) is 0 Å². The van der Waals surface area contributed by atoms with Gasteiger partial charge in [-0.1, -0.05) is 78.4 Å². The minimum Gasteiger partial charge on any atom is -0.321 e. The number of quaternary nitrogens is 2. The molecule has 154 valence electrons. The molecular weight excluding hydrogens is 370 g/mol. The fraction of sp³-hybridized carbons (Fsp3) is 0.269. The Balaban J connectivity index is 1.37. The lowest BCUT2D eigenvalue weighted by Crippen LogP contribution is -3.28. The van der Waals surface area contributed by atoms with E-state index in [1.807, 2.05) is 24.3 Å². The molecule has 0 spiro atoms. The van der Waals surface area contributed by atoms with Crippen molar-refractivity contribution in [1.29, 1.82) is 0 Å². The molecule has 0 atom stereocenters. The molecule has 1 aliphatic rings. The van der Waals surface area contributed by atoms with Gasteiger partial charge in [-0.15, -0.1) is 0 Å². The number of piperazine rings is 1. The number of aryl methyl sites for hydroxylation is 1. The summed E-state index contributed by atoms with van der Waals surface area (Å²) in [5.41, 5.74) is 4.80. The number of amides is 1. The van der Waals surface area contributed by atoms with E-state index in [0.717, 1.165) is 31.9 Å². The van der Waals surface area contributed by atoms with Crippen molar-refractivity contribution in [2.75, 3.05) is 38.0 Å². The molecule has 3 aromatic rings. The van der Waals surface area contributed by atoms with Crippen LogP contribution in [-0.2, 0) is 4.79 Å². The van der Waals surface area contributed by atoms with Gasteiger partial charge in [-0.3, -0.25) is 4.79 Å². The SMILES string of the molecule is Cc1ccc(NC(=O)C[NH+]2CC[NH+](C(c3ccccc3)c3ccccc3)CC2)cc1.